The second-order valence-electron chi connectivity index (χ2n) is 2.81. The summed E-state index contributed by atoms with van der Waals surface area (Å²) < 4.78 is 5.33. The van der Waals surface area contributed by atoms with Crippen LogP contribution in [0.1, 0.15) is 16.8 Å². The number of carbonyl (C=O) groups is 1. The number of carbonyl (C=O) groups excluding carboxylic acids is 1. The van der Waals surface area contributed by atoms with E-state index in [9.17, 15) is 4.79 Å². The van der Waals surface area contributed by atoms with Gasteiger partial charge in [-0.05, 0) is 18.6 Å². The van der Waals surface area contributed by atoms with E-state index in [1.807, 2.05) is 0 Å². The summed E-state index contributed by atoms with van der Waals surface area (Å²) in [7, 11) is 0. The van der Waals surface area contributed by atoms with Crippen LogP contribution in [0.5, 0.6) is 5.88 Å². The Labute approximate surface area is 75.9 Å². The van der Waals surface area contributed by atoms with Crippen LogP contribution in [0.2, 0.25) is 0 Å². The summed E-state index contributed by atoms with van der Waals surface area (Å²) in [4.78, 5) is 15.4. The zero-order valence-electron chi connectivity index (χ0n) is 7.12. The first kappa shape index (κ1) is 8.04. The minimum Gasteiger partial charge on any atom is -0.477 e. The summed E-state index contributed by atoms with van der Waals surface area (Å²) in [6.45, 7) is 1.26. The first-order valence-corrected chi connectivity index (χ1v) is 4.24. The quantitative estimate of drug-likeness (QED) is 0.632. The molecule has 0 aliphatic carbocycles. The molecule has 68 valence electrons. The van der Waals surface area contributed by atoms with Gasteiger partial charge < -0.3 is 10.1 Å². The van der Waals surface area contributed by atoms with Gasteiger partial charge in [0.1, 0.15) is 5.56 Å². The number of hydrogen-bond acceptors (Lipinski definition) is 3. The van der Waals surface area contributed by atoms with Crippen LogP contribution in [0, 0.1) is 0 Å². The Balaban J connectivity index is 2.37. The van der Waals surface area contributed by atoms with Gasteiger partial charge in [-0.1, -0.05) is 0 Å². The van der Waals surface area contributed by atoms with Crippen molar-refractivity contribution in [3.63, 3.8) is 0 Å². The lowest BCUT2D eigenvalue weighted by Gasteiger charge is -2.13. The van der Waals surface area contributed by atoms with Gasteiger partial charge in [-0.15, -0.1) is 0 Å². The molecule has 0 saturated heterocycles. The molecule has 1 aromatic rings. The molecule has 1 aliphatic rings. The number of rotatable bonds is 0. The van der Waals surface area contributed by atoms with Gasteiger partial charge in [-0.25, -0.2) is 4.98 Å². The van der Waals surface area contributed by atoms with Gasteiger partial charge in [0, 0.05) is 12.7 Å². The van der Waals surface area contributed by atoms with Crippen LogP contribution in [0.25, 0.3) is 0 Å². The Hall–Kier alpha value is -1.58. The van der Waals surface area contributed by atoms with Gasteiger partial charge in [0.05, 0.1) is 6.61 Å². The average molecular weight is 178 g/mol. The SMILES string of the molecule is O=C1NCCCOc2ncccc21. The van der Waals surface area contributed by atoms with Gasteiger partial charge in [0.25, 0.3) is 5.91 Å². The Morgan fingerprint density at radius 3 is 3.38 bits per heavy atom. The van der Waals surface area contributed by atoms with Crippen molar-refractivity contribution in [2.24, 2.45) is 0 Å². The number of hydrogen-bond donors (Lipinski definition) is 1. The average Bonchev–Trinajstić information content (AvgIpc) is 2.14. The molecule has 4 heteroatoms. The Morgan fingerprint density at radius 1 is 1.54 bits per heavy atom. The van der Waals surface area contributed by atoms with E-state index >= 15 is 0 Å². The molecule has 0 bridgehead atoms. The van der Waals surface area contributed by atoms with Crippen molar-refractivity contribution in [1.82, 2.24) is 10.3 Å². The lowest BCUT2D eigenvalue weighted by molar-refractivity contribution is 0.0938. The van der Waals surface area contributed by atoms with Gasteiger partial charge in [0.15, 0.2) is 0 Å². The molecule has 0 aromatic carbocycles. The standard InChI is InChI=1S/C9H10N2O2/c12-8-7-3-1-4-11-9(7)13-6-2-5-10-8/h1,3-4H,2,5-6H2,(H,10,12). The number of nitrogens with one attached hydrogen (secondary N) is 1. The maximum Gasteiger partial charge on any atom is 0.256 e. The number of amides is 1. The van der Waals surface area contributed by atoms with E-state index in [-0.39, 0.29) is 5.91 Å². The van der Waals surface area contributed by atoms with Crippen LogP contribution in [0.3, 0.4) is 0 Å². The third kappa shape index (κ3) is 1.61. The summed E-state index contributed by atoms with van der Waals surface area (Å²) in [6, 6.07) is 3.44. The van der Waals surface area contributed by atoms with E-state index in [0.29, 0.717) is 24.6 Å². The first-order valence-electron chi connectivity index (χ1n) is 4.24. The van der Waals surface area contributed by atoms with Crippen molar-refractivity contribution in [1.29, 1.82) is 0 Å². The highest BCUT2D eigenvalue weighted by Crippen LogP contribution is 2.15. The van der Waals surface area contributed by atoms with Crippen LogP contribution in [-0.4, -0.2) is 24.0 Å². The second-order valence-corrected chi connectivity index (χ2v) is 2.81. The van der Waals surface area contributed by atoms with Crippen molar-refractivity contribution in [2.75, 3.05) is 13.2 Å². The molecule has 1 amide bonds. The largest absolute Gasteiger partial charge is 0.477 e. The van der Waals surface area contributed by atoms with Gasteiger partial charge in [-0.2, -0.15) is 0 Å². The molecule has 2 heterocycles. The molecule has 0 radical (unpaired) electrons. The monoisotopic (exact) mass is 178 g/mol. The number of aromatic nitrogens is 1. The number of ether oxygens (including phenoxy) is 1. The van der Waals surface area contributed by atoms with Crippen molar-refractivity contribution < 1.29 is 9.53 Å². The predicted octanol–water partition coefficient (Wildman–Crippen LogP) is 0.594. The maximum absolute atomic E-state index is 11.4. The fourth-order valence-corrected chi connectivity index (χ4v) is 1.22. The minimum atomic E-state index is -0.109. The smallest absolute Gasteiger partial charge is 0.256 e. The molecule has 2 rings (SSSR count). The summed E-state index contributed by atoms with van der Waals surface area (Å²) in [5.41, 5.74) is 0.516. The topological polar surface area (TPSA) is 51.2 Å². The predicted molar refractivity (Wildman–Crippen MR) is 46.7 cm³/mol. The highest BCUT2D eigenvalue weighted by molar-refractivity contribution is 5.96. The number of fused-ring (bicyclic) bond motifs is 1. The Bertz CT molecular complexity index is 325. The fraction of sp³-hybridized carbons (Fsp3) is 0.333. The highest BCUT2D eigenvalue weighted by Gasteiger charge is 2.14. The van der Waals surface area contributed by atoms with E-state index in [2.05, 4.69) is 10.3 Å². The molecule has 0 unspecified atom stereocenters. The molecular weight excluding hydrogens is 168 g/mol. The van der Waals surface area contributed by atoms with Crippen LogP contribution in [0.15, 0.2) is 18.3 Å². The zero-order chi connectivity index (χ0) is 9.10. The summed E-state index contributed by atoms with van der Waals surface area (Å²) >= 11 is 0. The number of nitrogens with zero attached hydrogens (tertiary/aromatic N) is 1. The van der Waals surface area contributed by atoms with Gasteiger partial charge in [-0.3, -0.25) is 4.79 Å². The van der Waals surface area contributed by atoms with Crippen LogP contribution in [0.4, 0.5) is 0 Å². The summed E-state index contributed by atoms with van der Waals surface area (Å²) in [5.74, 6) is 0.322. The molecule has 0 fully saturated rings. The van der Waals surface area contributed by atoms with Crippen molar-refractivity contribution in [3.05, 3.63) is 23.9 Å². The van der Waals surface area contributed by atoms with E-state index in [1.54, 1.807) is 18.3 Å². The zero-order valence-corrected chi connectivity index (χ0v) is 7.12. The number of pyridine rings is 1. The van der Waals surface area contributed by atoms with Crippen LogP contribution < -0.4 is 10.1 Å². The molecule has 1 aromatic heterocycles. The van der Waals surface area contributed by atoms with Crippen molar-refractivity contribution >= 4 is 5.91 Å². The molecule has 0 spiro atoms. The van der Waals surface area contributed by atoms with E-state index in [0.717, 1.165) is 6.42 Å². The Kier molecular flexibility index (Phi) is 2.12. The third-order valence-electron chi connectivity index (χ3n) is 1.86. The molecule has 0 saturated carbocycles. The minimum absolute atomic E-state index is 0.109. The van der Waals surface area contributed by atoms with Crippen molar-refractivity contribution in [2.45, 2.75) is 6.42 Å². The van der Waals surface area contributed by atoms with Crippen LogP contribution >= 0.6 is 0 Å². The third-order valence-corrected chi connectivity index (χ3v) is 1.86. The maximum atomic E-state index is 11.4. The lowest BCUT2D eigenvalue weighted by atomic mass is 10.2. The summed E-state index contributed by atoms with van der Waals surface area (Å²) in [5, 5.41) is 2.78. The van der Waals surface area contributed by atoms with Crippen molar-refractivity contribution in [3.8, 4) is 5.88 Å². The van der Waals surface area contributed by atoms with E-state index < -0.39 is 0 Å². The van der Waals surface area contributed by atoms with Gasteiger partial charge in [0.2, 0.25) is 5.88 Å². The fourth-order valence-electron chi connectivity index (χ4n) is 1.22. The van der Waals surface area contributed by atoms with Crippen LogP contribution in [-0.2, 0) is 0 Å². The second kappa shape index (κ2) is 3.43. The van der Waals surface area contributed by atoms with E-state index in [4.69, 9.17) is 4.74 Å². The lowest BCUT2D eigenvalue weighted by Crippen LogP contribution is -2.28. The highest BCUT2D eigenvalue weighted by atomic mass is 16.5. The molecule has 13 heavy (non-hydrogen) atoms. The molecule has 1 aliphatic heterocycles. The normalized spacial score (nSPS) is 16.2. The Morgan fingerprint density at radius 2 is 2.46 bits per heavy atom. The van der Waals surface area contributed by atoms with E-state index in [1.165, 1.54) is 0 Å². The molecule has 1 N–H and O–H groups in total. The molecule has 4 nitrogen and oxygen atoms in total. The summed E-state index contributed by atoms with van der Waals surface area (Å²) in [6.07, 6.45) is 2.44. The van der Waals surface area contributed by atoms with Gasteiger partial charge >= 0.3 is 0 Å². The first-order chi connectivity index (χ1) is 6.38. The molecular formula is C9H10N2O2. The molecule has 0 atom stereocenters.